The van der Waals surface area contributed by atoms with Gasteiger partial charge in [0.1, 0.15) is 0 Å². The van der Waals surface area contributed by atoms with Gasteiger partial charge in [0.05, 0.1) is 12.0 Å². The number of fused-ring (bicyclic) bond motifs is 1. The van der Waals surface area contributed by atoms with Gasteiger partial charge in [0.25, 0.3) is 0 Å². The Morgan fingerprint density at radius 3 is 2.89 bits per heavy atom. The van der Waals surface area contributed by atoms with Gasteiger partial charge in [0, 0.05) is 15.3 Å². The van der Waals surface area contributed by atoms with Crippen molar-refractivity contribution in [1.82, 2.24) is 9.97 Å². The third-order valence-corrected chi connectivity index (χ3v) is 4.50. The predicted octanol–water partition coefficient (Wildman–Crippen LogP) is 4.50. The highest BCUT2D eigenvalue weighted by atomic mass is 32.1. The Morgan fingerprint density at radius 2 is 2.11 bits per heavy atom. The quantitative estimate of drug-likeness (QED) is 0.744. The largest absolute Gasteiger partial charge is 0.348 e. The number of thiophene rings is 1. The van der Waals surface area contributed by atoms with Crippen LogP contribution in [0.1, 0.15) is 21.8 Å². The zero-order valence-electron chi connectivity index (χ0n) is 11.1. The average Bonchev–Trinajstić information content (AvgIpc) is 2.94. The lowest BCUT2D eigenvalue weighted by Crippen LogP contribution is -1.82. The molecule has 0 atom stereocenters. The van der Waals surface area contributed by atoms with Gasteiger partial charge in [0.2, 0.25) is 0 Å². The molecule has 0 aliphatic heterocycles. The van der Waals surface area contributed by atoms with Crippen LogP contribution in [0.2, 0.25) is 0 Å². The van der Waals surface area contributed by atoms with Crippen LogP contribution in [0.4, 0.5) is 0 Å². The fourth-order valence-corrected chi connectivity index (χ4v) is 3.39. The van der Waals surface area contributed by atoms with E-state index in [2.05, 4.69) is 53.3 Å². The van der Waals surface area contributed by atoms with E-state index in [0.717, 1.165) is 17.8 Å². The van der Waals surface area contributed by atoms with Crippen LogP contribution in [0.3, 0.4) is 0 Å². The second-order valence-corrected chi connectivity index (χ2v) is 5.91. The molecule has 0 aliphatic carbocycles. The predicted molar refractivity (Wildman–Crippen MR) is 82.6 cm³/mol. The molecule has 3 heteroatoms. The summed E-state index contributed by atoms with van der Waals surface area (Å²) < 4.78 is 1.37. The number of hydrogen-bond donors (Lipinski definition) is 1. The van der Waals surface area contributed by atoms with Crippen LogP contribution in [-0.2, 0) is 6.42 Å². The summed E-state index contributed by atoms with van der Waals surface area (Å²) in [6, 6.07) is 8.62. The van der Waals surface area contributed by atoms with E-state index in [0.29, 0.717) is 0 Å². The monoisotopic (exact) mass is 268 g/mol. The molecule has 2 aromatic heterocycles. The molecular weight excluding hydrogens is 252 g/mol. The molecule has 1 aromatic carbocycles. The number of aromatic nitrogens is 2. The van der Waals surface area contributed by atoms with Gasteiger partial charge in [-0.15, -0.1) is 11.3 Å². The molecule has 96 valence electrons. The van der Waals surface area contributed by atoms with Crippen LogP contribution in [0.15, 0.2) is 36.7 Å². The molecule has 1 N–H and O–H groups in total. The van der Waals surface area contributed by atoms with Crippen LogP contribution in [0, 0.1) is 13.8 Å². The van der Waals surface area contributed by atoms with E-state index >= 15 is 0 Å². The summed E-state index contributed by atoms with van der Waals surface area (Å²) in [4.78, 5) is 8.78. The lowest BCUT2D eigenvalue weighted by molar-refractivity contribution is 1.25. The van der Waals surface area contributed by atoms with Gasteiger partial charge in [-0.1, -0.05) is 24.3 Å². The first-order chi connectivity index (χ1) is 9.25. The molecule has 3 aromatic rings. The second-order valence-electron chi connectivity index (χ2n) is 4.65. The van der Waals surface area contributed by atoms with Crippen molar-refractivity contribution in [3.05, 3.63) is 58.5 Å². The van der Waals surface area contributed by atoms with E-state index in [1.807, 2.05) is 18.3 Å². The summed E-state index contributed by atoms with van der Waals surface area (Å²) >= 11 is 1.87. The number of nitrogens with one attached hydrogen (secondary N) is 1. The number of imidazole rings is 1. The van der Waals surface area contributed by atoms with Crippen molar-refractivity contribution >= 4 is 27.5 Å². The standard InChI is InChI=1S/C16H16N2S/c1-11-15(18-10-17-11)8-5-7-13-12(2)19-16-9-4-3-6-14(13)16/h3-6,8-10H,7H2,1-2H3,(H,17,18)/b8-5+. The third kappa shape index (κ3) is 2.34. The number of rotatable bonds is 3. The van der Waals surface area contributed by atoms with E-state index in [1.165, 1.54) is 20.5 Å². The number of aromatic amines is 1. The van der Waals surface area contributed by atoms with Gasteiger partial charge >= 0.3 is 0 Å². The summed E-state index contributed by atoms with van der Waals surface area (Å²) in [6.07, 6.45) is 6.99. The number of allylic oxidation sites excluding steroid dienone is 1. The Kier molecular flexibility index (Phi) is 3.22. The number of H-pyrrole nitrogens is 1. The van der Waals surface area contributed by atoms with Crippen LogP contribution < -0.4 is 0 Å². The Morgan fingerprint density at radius 1 is 1.26 bits per heavy atom. The van der Waals surface area contributed by atoms with Crippen molar-refractivity contribution < 1.29 is 0 Å². The Bertz CT molecular complexity index is 734. The van der Waals surface area contributed by atoms with Crippen LogP contribution in [-0.4, -0.2) is 9.97 Å². The van der Waals surface area contributed by atoms with Gasteiger partial charge < -0.3 is 4.98 Å². The van der Waals surface area contributed by atoms with Gasteiger partial charge in [0.15, 0.2) is 0 Å². The Hall–Kier alpha value is -1.87. The molecule has 0 unspecified atom stereocenters. The molecule has 0 radical (unpaired) electrons. The lowest BCUT2D eigenvalue weighted by Gasteiger charge is -1.96. The zero-order chi connectivity index (χ0) is 13.2. The highest BCUT2D eigenvalue weighted by Gasteiger charge is 2.06. The van der Waals surface area contributed by atoms with E-state index in [9.17, 15) is 0 Å². The first kappa shape index (κ1) is 12.2. The highest BCUT2D eigenvalue weighted by molar-refractivity contribution is 7.19. The van der Waals surface area contributed by atoms with Crippen molar-refractivity contribution in [2.45, 2.75) is 20.3 Å². The maximum Gasteiger partial charge on any atom is 0.0929 e. The SMILES string of the molecule is Cc1[nH]cnc1/C=C/Cc1c(C)sc2ccccc12. The zero-order valence-corrected chi connectivity index (χ0v) is 11.9. The maximum atomic E-state index is 4.28. The lowest BCUT2D eigenvalue weighted by atomic mass is 10.1. The fourth-order valence-electron chi connectivity index (χ4n) is 2.30. The second kappa shape index (κ2) is 5.02. The first-order valence-corrected chi connectivity index (χ1v) is 7.21. The van der Waals surface area contributed by atoms with E-state index in [4.69, 9.17) is 0 Å². The van der Waals surface area contributed by atoms with Crippen LogP contribution in [0.5, 0.6) is 0 Å². The van der Waals surface area contributed by atoms with Crippen molar-refractivity contribution in [3.8, 4) is 0 Å². The van der Waals surface area contributed by atoms with Crippen molar-refractivity contribution in [1.29, 1.82) is 0 Å². The molecule has 0 saturated heterocycles. The molecule has 19 heavy (non-hydrogen) atoms. The summed E-state index contributed by atoms with van der Waals surface area (Å²) in [6.45, 7) is 4.24. The minimum atomic E-state index is 0.960. The molecule has 0 spiro atoms. The van der Waals surface area contributed by atoms with Crippen molar-refractivity contribution in [3.63, 3.8) is 0 Å². The molecule has 2 nitrogen and oxygen atoms in total. The number of nitrogens with zero attached hydrogens (tertiary/aromatic N) is 1. The van der Waals surface area contributed by atoms with Gasteiger partial charge in [-0.25, -0.2) is 4.98 Å². The summed E-state index contributed by atoms with van der Waals surface area (Å²) in [5.41, 5.74) is 3.57. The topological polar surface area (TPSA) is 28.7 Å². The van der Waals surface area contributed by atoms with Gasteiger partial charge in [-0.3, -0.25) is 0 Å². The maximum absolute atomic E-state index is 4.28. The van der Waals surface area contributed by atoms with Crippen LogP contribution >= 0.6 is 11.3 Å². The van der Waals surface area contributed by atoms with E-state index < -0.39 is 0 Å². The molecule has 0 fully saturated rings. The Labute approximate surface area is 116 Å². The van der Waals surface area contributed by atoms with Gasteiger partial charge in [-0.05, 0) is 43.4 Å². The minimum Gasteiger partial charge on any atom is -0.348 e. The minimum absolute atomic E-state index is 0.960. The molecule has 0 aliphatic rings. The molecular formula is C16H16N2S. The highest BCUT2D eigenvalue weighted by Crippen LogP contribution is 2.31. The normalized spacial score (nSPS) is 11.7. The number of benzene rings is 1. The summed E-state index contributed by atoms with van der Waals surface area (Å²) in [7, 11) is 0. The van der Waals surface area contributed by atoms with Crippen molar-refractivity contribution in [2.75, 3.05) is 0 Å². The molecule has 0 bridgehead atoms. The summed E-state index contributed by atoms with van der Waals surface area (Å²) in [5.74, 6) is 0. The molecule has 2 heterocycles. The molecule has 0 amide bonds. The average molecular weight is 268 g/mol. The van der Waals surface area contributed by atoms with Crippen LogP contribution in [0.25, 0.3) is 16.2 Å². The van der Waals surface area contributed by atoms with E-state index in [-0.39, 0.29) is 0 Å². The van der Waals surface area contributed by atoms with Crippen molar-refractivity contribution in [2.24, 2.45) is 0 Å². The first-order valence-electron chi connectivity index (χ1n) is 6.39. The summed E-state index contributed by atoms with van der Waals surface area (Å²) in [5, 5.41) is 1.38. The fraction of sp³-hybridized carbons (Fsp3) is 0.188. The molecule has 0 saturated carbocycles. The van der Waals surface area contributed by atoms with Gasteiger partial charge in [-0.2, -0.15) is 0 Å². The number of aryl methyl sites for hydroxylation is 2. The Balaban J connectivity index is 1.88. The molecule has 3 rings (SSSR count). The third-order valence-electron chi connectivity index (χ3n) is 3.37. The smallest absolute Gasteiger partial charge is 0.0929 e. The number of hydrogen-bond acceptors (Lipinski definition) is 2. The van der Waals surface area contributed by atoms with E-state index in [1.54, 1.807) is 6.33 Å².